The average Bonchev–Trinajstić information content (AvgIpc) is 2.80. The van der Waals surface area contributed by atoms with Crippen molar-refractivity contribution in [2.45, 2.75) is 13.0 Å². The van der Waals surface area contributed by atoms with Crippen molar-refractivity contribution in [2.75, 3.05) is 12.4 Å². The van der Waals surface area contributed by atoms with E-state index in [1.807, 2.05) is 26.2 Å². The van der Waals surface area contributed by atoms with Crippen molar-refractivity contribution in [1.29, 1.82) is 0 Å². The zero-order valence-electron chi connectivity index (χ0n) is 11.2. The van der Waals surface area contributed by atoms with Gasteiger partial charge in [0.25, 0.3) is 0 Å². The SMILES string of the molecule is CNC(C(=O)Nc1cccnc1C)c1cnn(C)c1. The number of hydrogen-bond donors (Lipinski definition) is 2. The molecule has 19 heavy (non-hydrogen) atoms. The lowest BCUT2D eigenvalue weighted by Crippen LogP contribution is -2.30. The molecule has 0 saturated heterocycles. The van der Waals surface area contributed by atoms with Crippen molar-refractivity contribution in [1.82, 2.24) is 20.1 Å². The van der Waals surface area contributed by atoms with Crippen LogP contribution in [0.1, 0.15) is 17.3 Å². The lowest BCUT2D eigenvalue weighted by atomic mass is 10.1. The molecule has 0 saturated carbocycles. The summed E-state index contributed by atoms with van der Waals surface area (Å²) in [7, 11) is 3.56. The Hall–Kier alpha value is -2.21. The number of carbonyl (C=O) groups excluding carboxylic acids is 1. The largest absolute Gasteiger partial charge is 0.323 e. The van der Waals surface area contributed by atoms with Gasteiger partial charge in [0.2, 0.25) is 5.91 Å². The number of aryl methyl sites for hydroxylation is 2. The molecule has 2 rings (SSSR count). The topological polar surface area (TPSA) is 71.8 Å². The van der Waals surface area contributed by atoms with E-state index < -0.39 is 6.04 Å². The molecule has 6 heteroatoms. The van der Waals surface area contributed by atoms with Gasteiger partial charge in [-0.3, -0.25) is 14.5 Å². The third-order valence-corrected chi connectivity index (χ3v) is 2.87. The molecule has 0 aromatic carbocycles. The van der Waals surface area contributed by atoms with Gasteiger partial charge >= 0.3 is 0 Å². The fourth-order valence-corrected chi connectivity index (χ4v) is 1.86. The Labute approximate surface area is 111 Å². The first-order chi connectivity index (χ1) is 9.11. The molecule has 0 fully saturated rings. The summed E-state index contributed by atoms with van der Waals surface area (Å²) in [5.41, 5.74) is 2.33. The Kier molecular flexibility index (Phi) is 3.91. The van der Waals surface area contributed by atoms with Crippen molar-refractivity contribution >= 4 is 11.6 Å². The van der Waals surface area contributed by atoms with Gasteiger partial charge in [0, 0.05) is 25.0 Å². The molecule has 100 valence electrons. The Bertz CT molecular complexity index is 578. The molecule has 6 nitrogen and oxygen atoms in total. The first-order valence-electron chi connectivity index (χ1n) is 6.00. The van der Waals surface area contributed by atoms with Crippen molar-refractivity contribution in [3.8, 4) is 0 Å². The second-order valence-electron chi connectivity index (χ2n) is 4.29. The average molecular weight is 259 g/mol. The fourth-order valence-electron chi connectivity index (χ4n) is 1.86. The summed E-state index contributed by atoms with van der Waals surface area (Å²) >= 11 is 0. The van der Waals surface area contributed by atoms with Gasteiger partial charge in [-0.1, -0.05) is 0 Å². The van der Waals surface area contributed by atoms with Gasteiger partial charge in [0.15, 0.2) is 0 Å². The summed E-state index contributed by atoms with van der Waals surface area (Å²) in [4.78, 5) is 16.4. The Morgan fingerprint density at radius 1 is 1.47 bits per heavy atom. The van der Waals surface area contributed by atoms with Crippen LogP contribution in [0.3, 0.4) is 0 Å². The van der Waals surface area contributed by atoms with Gasteiger partial charge in [0.05, 0.1) is 17.6 Å². The Balaban J connectivity index is 2.16. The van der Waals surface area contributed by atoms with Crippen LogP contribution in [-0.2, 0) is 11.8 Å². The summed E-state index contributed by atoms with van der Waals surface area (Å²) in [6.45, 7) is 1.86. The number of amides is 1. The third kappa shape index (κ3) is 2.97. The number of rotatable bonds is 4. The van der Waals surface area contributed by atoms with Gasteiger partial charge < -0.3 is 10.6 Å². The summed E-state index contributed by atoms with van der Waals surface area (Å²) < 4.78 is 1.67. The van der Waals surface area contributed by atoms with Gasteiger partial charge in [-0.05, 0) is 26.1 Å². The predicted octanol–water partition coefficient (Wildman–Crippen LogP) is 1.02. The number of hydrogen-bond acceptors (Lipinski definition) is 4. The first kappa shape index (κ1) is 13.2. The lowest BCUT2D eigenvalue weighted by molar-refractivity contribution is -0.118. The second-order valence-corrected chi connectivity index (χ2v) is 4.29. The lowest BCUT2D eigenvalue weighted by Gasteiger charge is -2.15. The monoisotopic (exact) mass is 259 g/mol. The van der Waals surface area contributed by atoms with Crippen molar-refractivity contribution in [3.05, 3.63) is 42.0 Å². The quantitative estimate of drug-likeness (QED) is 0.860. The minimum Gasteiger partial charge on any atom is -0.323 e. The van der Waals surface area contributed by atoms with E-state index in [9.17, 15) is 4.79 Å². The summed E-state index contributed by atoms with van der Waals surface area (Å²) in [6.07, 6.45) is 5.19. The number of pyridine rings is 1. The molecule has 0 radical (unpaired) electrons. The fraction of sp³-hybridized carbons (Fsp3) is 0.308. The van der Waals surface area contributed by atoms with Crippen LogP contribution in [0.15, 0.2) is 30.7 Å². The molecule has 0 aliphatic carbocycles. The summed E-state index contributed by atoms with van der Waals surface area (Å²) in [6, 6.07) is 3.19. The van der Waals surface area contributed by atoms with Crippen LogP contribution in [0, 0.1) is 6.92 Å². The molecule has 0 spiro atoms. The van der Waals surface area contributed by atoms with Crippen LogP contribution in [0.4, 0.5) is 5.69 Å². The molecule has 0 aliphatic rings. The highest BCUT2D eigenvalue weighted by atomic mass is 16.2. The molecule has 1 unspecified atom stereocenters. The van der Waals surface area contributed by atoms with Gasteiger partial charge in [-0.2, -0.15) is 5.10 Å². The predicted molar refractivity (Wildman–Crippen MR) is 72.6 cm³/mol. The van der Waals surface area contributed by atoms with E-state index in [0.717, 1.165) is 16.9 Å². The first-order valence-corrected chi connectivity index (χ1v) is 6.00. The van der Waals surface area contributed by atoms with Crippen LogP contribution >= 0.6 is 0 Å². The number of likely N-dealkylation sites (N-methyl/N-ethyl adjacent to an activating group) is 1. The molecule has 2 aromatic heterocycles. The zero-order valence-corrected chi connectivity index (χ0v) is 11.2. The summed E-state index contributed by atoms with van der Waals surface area (Å²) in [5.74, 6) is -0.133. The van der Waals surface area contributed by atoms with Gasteiger partial charge in [-0.15, -0.1) is 0 Å². The Morgan fingerprint density at radius 3 is 2.84 bits per heavy atom. The molecule has 1 amide bonds. The number of aromatic nitrogens is 3. The van der Waals surface area contributed by atoms with E-state index >= 15 is 0 Å². The molecule has 2 N–H and O–H groups in total. The number of carbonyl (C=O) groups is 1. The van der Waals surface area contributed by atoms with E-state index in [1.54, 1.807) is 30.2 Å². The van der Waals surface area contributed by atoms with Crippen LogP contribution in [-0.4, -0.2) is 27.7 Å². The Morgan fingerprint density at radius 2 is 2.26 bits per heavy atom. The number of nitrogens with zero attached hydrogens (tertiary/aromatic N) is 3. The molecule has 0 aliphatic heterocycles. The minimum absolute atomic E-state index is 0.133. The van der Waals surface area contributed by atoms with Crippen LogP contribution in [0.25, 0.3) is 0 Å². The van der Waals surface area contributed by atoms with Gasteiger partial charge in [-0.25, -0.2) is 0 Å². The van der Waals surface area contributed by atoms with E-state index in [1.165, 1.54) is 0 Å². The van der Waals surface area contributed by atoms with Crippen LogP contribution in [0.2, 0.25) is 0 Å². The van der Waals surface area contributed by atoms with E-state index in [-0.39, 0.29) is 5.91 Å². The smallest absolute Gasteiger partial charge is 0.246 e. The standard InChI is InChI=1S/C13H17N5O/c1-9-11(5-4-6-15-9)17-13(19)12(14-2)10-7-16-18(3)8-10/h4-8,12,14H,1-3H3,(H,17,19). The van der Waals surface area contributed by atoms with Crippen molar-refractivity contribution < 1.29 is 4.79 Å². The highest BCUT2D eigenvalue weighted by molar-refractivity contribution is 5.95. The van der Waals surface area contributed by atoms with E-state index in [4.69, 9.17) is 0 Å². The highest BCUT2D eigenvalue weighted by Gasteiger charge is 2.20. The van der Waals surface area contributed by atoms with Crippen LogP contribution in [0.5, 0.6) is 0 Å². The number of nitrogens with one attached hydrogen (secondary N) is 2. The summed E-state index contributed by atoms with van der Waals surface area (Å²) in [5, 5.41) is 9.93. The van der Waals surface area contributed by atoms with E-state index in [2.05, 4.69) is 20.7 Å². The van der Waals surface area contributed by atoms with Crippen molar-refractivity contribution in [2.24, 2.45) is 7.05 Å². The third-order valence-electron chi connectivity index (χ3n) is 2.87. The molecule has 0 bridgehead atoms. The second kappa shape index (κ2) is 5.62. The maximum Gasteiger partial charge on any atom is 0.246 e. The maximum absolute atomic E-state index is 12.3. The minimum atomic E-state index is -0.437. The molecular weight excluding hydrogens is 242 g/mol. The maximum atomic E-state index is 12.3. The molecule has 2 aromatic rings. The molecule has 1 atom stereocenters. The van der Waals surface area contributed by atoms with E-state index in [0.29, 0.717) is 0 Å². The van der Waals surface area contributed by atoms with Gasteiger partial charge in [0.1, 0.15) is 6.04 Å². The molecular formula is C13H17N5O. The highest BCUT2D eigenvalue weighted by Crippen LogP contribution is 2.16. The van der Waals surface area contributed by atoms with Crippen LogP contribution < -0.4 is 10.6 Å². The normalized spacial score (nSPS) is 12.2. The number of anilines is 1. The van der Waals surface area contributed by atoms with Crippen molar-refractivity contribution in [3.63, 3.8) is 0 Å². The zero-order chi connectivity index (χ0) is 13.8. The molecule has 2 heterocycles.